The van der Waals surface area contributed by atoms with Gasteiger partial charge in [0.1, 0.15) is 12.6 Å². The van der Waals surface area contributed by atoms with Crippen LogP contribution < -0.4 is 0 Å². The van der Waals surface area contributed by atoms with Crippen LogP contribution in [-0.4, -0.2) is 55.1 Å². The van der Waals surface area contributed by atoms with Gasteiger partial charge in [0.2, 0.25) is 0 Å². The molecule has 0 aliphatic carbocycles. The van der Waals surface area contributed by atoms with Gasteiger partial charge >= 0.3 is 0 Å². The third-order valence-electron chi connectivity index (χ3n) is 8.82. The van der Waals surface area contributed by atoms with Crippen molar-refractivity contribution >= 4 is 22.4 Å². The van der Waals surface area contributed by atoms with Gasteiger partial charge < -0.3 is 18.3 Å². The topological polar surface area (TPSA) is 54.0 Å². The molecular weight excluding hydrogens is 533 g/mol. The van der Waals surface area contributed by atoms with Crippen molar-refractivity contribution in [2.24, 2.45) is 11.8 Å². The Morgan fingerprint density at radius 1 is 0.950 bits per heavy atom. The van der Waals surface area contributed by atoms with E-state index in [-0.39, 0.29) is 46.7 Å². The molecule has 0 bridgehead atoms. The number of rotatable bonds is 18. The highest BCUT2D eigenvalue weighted by atomic mass is 28.4. The second-order valence-corrected chi connectivity index (χ2v) is 24.3. The molecule has 0 unspecified atom stereocenters. The normalized spacial score (nSPS) is 16.4. The van der Waals surface area contributed by atoms with Gasteiger partial charge in [0.25, 0.3) is 0 Å². The van der Waals surface area contributed by atoms with Crippen LogP contribution in [0.3, 0.4) is 0 Å². The van der Waals surface area contributed by atoms with Gasteiger partial charge in [-0.15, -0.1) is 0 Å². The van der Waals surface area contributed by atoms with Crippen molar-refractivity contribution in [1.82, 2.24) is 0 Å². The zero-order valence-electron chi connectivity index (χ0n) is 28.8. The van der Waals surface area contributed by atoms with Gasteiger partial charge in [-0.1, -0.05) is 98.3 Å². The number of carbonyl (C=O) groups is 1. The molecule has 3 atom stereocenters. The lowest BCUT2D eigenvalue weighted by molar-refractivity contribution is -0.121. The third kappa shape index (κ3) is 13.9. The molecule has 40 heavy (non-hydrogen) atoms. The highest BCUT2D eigenvalue weighted by molar-refractivity contribution is 6.74. The number of hydrogen-bond acceptors (Lipinski definition) is 5. The maximum atomic E-state index is 12.4. The maximum Gasteiger partial charge on any atom is 0.192 e. The van der Waals surface area contributed by atoms with Crippen LogP contribution in [0.1, 0.15) is 88.5 Å². The fraction of sp³-hybridized carbons (Fsp3) is 0.788. The molecule has 0 saturated heterocycles. The highest BCUT2D eigenvalue weighted by Gasteiger charge is 2.39. The summed E-state index contributed by atoms with van der Waals surface area (Å²) in [7, 11) is -2.16. The second kappa shape index (κ2) is 16.7. The van der Waals surface area contributed by atoms with E-state index >= 15 is 0 Å². The number of hydrogen-bond donors (Lipinski definition) is 0. The lowest BCUT2D eigenvalue weighted by Crippen LogP contribution is -2.44. The van der Waals surface area contributed by atoms with E-state index in [1.807, 2.05) is 13.8 Å². The fourth-order valence-electron chi connectivity index (χ4n) is 3.53. The molecule has 0 aliphatic heterocycles. The molecule has 0 N–H and O–H groups in total. The first-order valence-corrected chi connectivity index (χ1v) is 20.8. The average Bonchev–Trinajstić information content (AvgIpc) is 2.78. The maximum absolute atomic E-state index is 12.4. The Morgan fingerprint density at radius 2 is 1.50 bits per heavy atom. The molecule has 0 aromatic heterocycles. The van der Waals surface area contributed by atoms with Crippen molar-refractivity contribution in [2.75, 3.05) is 20.5 Å². The molecule has 0 aliphatic rings. The van der Waals surface area contributed by atoms with Crippen molar-refractivity contribution in [3.8, 4) is 0 Å². The molecule has 0 rings (SSSR count). The Kier molecular flexibility index (Phi) is 16.4. The quantitative estimate of drug-likeness (QED) is 0.0896. The first kappa shape index (κ1) is 39.2. The molecule has 0 saturated carbocycles. The summed E-state index contributed by atoms with van der Waals surface area (Å²) in [6.45, 7) is 36.0. The van der Waals surface area contributed by atoms with E-state index in [0.717, 1.165) is 12.0 Å². The van der Waals surface area contributed by atoms with Crippen LogP contribution in [0, 0.1) is 11.8 Å². The van der Waals surface area contributed by atoms with Crippen molar-refractivity contribution in [3.63, 3.8) is 0 Å². The molecule has 0 spiro atoms. The second-order valence-electron chi connectivity index (χ2n) is 14.8. The van der Waals surface area contributed by atoms with Gasteiger partial charge in [0.05, 0.1) is 18.8 Å². The van der Waals surface area contributed by atoms with Gasteiger partial charge in [-0.25, -0.2) is 0 Å². The van der Waals surface area contributed by atoms with Crippen molar-refractivity contribution in [1.29, 1.82) is 0 Å². The van der Waals surface area contributed by atoms with E-state index in [4.69, 9.17) is 18.3 Å². The zero-order valence-corrected chi connectivity index (χ0v) is 30.8. The summed E-state index contributed by atoms with van der Waals surface area (Å²) in [5, 5.41) is 0.278. The van der Waals surface area contributed by atoms with E-state index in [2.05, 4.69) is 106 Å². The minimum atomic E-state index is -2.01. The van der Waals surface area contributed by atoms with Gasteiger partial charge in [-0.3, -0.25) is 4.79 Å². The Labute approximate surface area is 250 Å². The van der Waals surface area contributed by atoms with Crippen molar-refractivity contribution < 1.29 is 23.1 Å². The van der Waals surface area contributed by atoms with Gasteiger partial charge in [0, 0.05) is 25.4 Å². The van der Waals surface area contributed by atoms with Crippen LogP contribution >= 0.6 is 0 Å². The van der Waals surface area contributed by atoms with Gasteiger partial charge in [-0.2, -0.15) is 0 Å². The third-order valence-corrected chi connectivity index (χ3v) is 17.9. The Morgan fingerprint density at radius 3 is 1.98 bits per heavy atom. The van der Waals surface area contributed by atoms with Crippen LogP contribution in [0.2, 0.25) is 36.3 Å². The van der Waals surface area contributed by atoms with Crippen LogP contribution in [0.15, 0.2) is 36.0 Å². The van der Waals surface area contributed by atoms with E-state index in [9.17, 15) is 4.79 Å². The number of methoxy groups -OCH3 is 1. The molecule has 0 fully saturated rings. The standard InChI is InChI=1S/C33H64O5Si2/c1-25(2)30(34)23-26(3)22-29(38-40(15,16)33(9,10)11)18-17-19-31(36-24-35-12)28(5)27(4)20-21-37-39(13,14)32(6,7)8/h17,19-20,25,28-29,31H,3,18,21-24H2,1-2,4-16H3/b19-17+,27-20-/t28-,29+,31+/m1/s1. The molecule has 234 valence electrons. The molecular formula is C33H64O5Si2. The van der Waals surface area contributed by atoms with Crippen molar-refractivity contribution in [3.05, 3.63) is 36.0 Å². The Hall–Kier alpha value is -0.836. The molecule has 0 aromatic carbocycles. The summed E-state index contributed by atoms with van der Waals surface area (Å²) in [5.41, 5.74) is 2.18. The van der Waals surface area contributed by atoms with Crippen LogP contribution in [0.4, 0.5) is 0 Å². The number of carbonyl (C=O) groups excluding carboxylic acids is 1. The monoisotopic (exact) mass is 596 g/mol. The zero-order chi connectivity index (χ0) is 31.5. The predicted molar refractivity (Wildman–Crippen MR) is 177 cm³/mol. The lowest BCUT2D eigenvalue weighted by atomic mass is 9.94. The fourth-order valence-corrected chi connectivity index (χ4v) is 5.83. The lowest BCUT2D eigenvalue weighted by Gasteiger charge is -2.39. The van der Waals surface area contributed by atoms with E-state index in [0.29, 0.717) is 19.4 Å². The molecule has 5 nitrogen and oxygen atoms in total. The van der Waals surface area contributed by atoms with Crippen LogP contribution in [0.5, 0.6) is 0 Å². The summed E-state index contributed by atoms with van der Waals surface area (Å²) >= 11 is 0. The average molecular weight is 597 g/mol. The number of ketones is 1. The van der Waals surface area contributed by atoms with Gasteiger partial charge in [-0.05, 0) is 56.0 Å². The van der Waals surface area contributed by atoms with E-state index in [1.165, 1.54) is 5.57 Å². The summed E-state index contributed by atoms with van der Waals surface area (Å²) in [6, 6.07) is 0. The van der Waals surface area contributed by atoms with Crippen LogP contribution in [-0.2, 0) is 23.1 Å². The summed E-state index contributed by atoms with van der Waals surface area (Å²) in [5.74, 6) is 0.404. The summed E-state index contributed by atoms with van der Waals surface area (Å²) in [4.78, 5) is 12.4. The molecule has 0 amide bonds. The molecule has 0 radical (unpaired) electrons. The smallest absolute Gasteiger partial charge is 0.192 e. The van der Waals surface area contributed by atoms with E-state index in [1.54, 1.807) is 7.11 Å². The molecule has 0 aromatic rings. The first-order chi connectivity index (χ1) is 18.1. The Bertz CT molecular complexity index is 844. The first-order valence-electron chi connectivity index (χ1n) is 15.0. The van der Waals surface area contributed by atoms with Gasteiger partial charge in [0.15, 0.2) is 16.6 Å². The number of ether oxygens (including phenoxy) is 2. The van der Waals surface area contributed by atoms with E-state index < -0.39 is 16.6 Å². The minimum absolute atomic E-state index is 0.0140. The molecule has 0 heterocycles. The summed E-state index contributed by atoms with van der Waals surface area (Å²) < 4.78 is 24.5. The SMILES string of the molecule is C=C(CC(=O)C(C)C)C[C@H](C/C=C/[C@H](OCOC)[C@H](C)/C(C)=C\CO[Si](C)(C)C(C)(C)C)O[Si](C)(C)C(C)(C)C. The predicted octanol–water partition coefficient (Wildman–Crippen LogP) is 9.48. The summed E-state index contributed by atoms with van der Waals surface area (Å²) in [6.07, 6.45) is 8.17. The Balaban J connectivity index is 5.71. The number of Topliss-reactive ketones (excluding diaryl/α,β-unsaturated/α-hetero) is 1. The van der Waals surface area contributed by atoms with Crippen molar-refractivity contribution in [2.45, 2.75) is 137 Å². The highest BCUT2D eigenvalue weighted by Crippen LogP contribution is 2.39. The minimum Gasteiger partial charge on any atom is -0.413 e. The van der Waals surface area contributed by atoms with Crippen LogP contribution in [0.25, 0.3) is 0 Å². The largest absolute Gasteiger partial charge is 0.413 e. The molecule has 7 heteroatoms.